The molecule has 7 rings (SSSR count). The number of H-pyrrole nitrogens is 1. The topological polar surface area (TPSA) is 78.1 Å². The van der Waals surface area contributed by atoms with Crippen LogP contribution in [-0.2, 0) is 6.42 Å². The number of halogens is 2. The first kappa shape index (κ1) is 28.2. The van der Waals surface area contributed by atoms with Gasteiger partial charge >= 0.3 is 0 Å². The predicted octanol–water partition coefficient (Wildman–Crippen LogP) is 7.98. The van der Waals surface area contributed by atoms with E-state index in [9.17, 15) is 18.4 Å². The summed E-state index contributed by atoms with van der Waals surface area (Å²) in [5.41, 5.74) is 5.82. The summed E-state index contributed by atoms with van der Waals surface area (Å²) in [6.07, 6.45) is 7.96. The van der Waals surface area contributed by atoms with Crippen LogP contribution in [0, 0.1) is 30.9 Å². The van der Waals surface area contributed by atoms with Crippen LogP contribution in [0.1, 0.15) is 36.9 Å². The van der Waals surface area contributed by atoms with Gasteiger partial charge in [0.15, 0.2) is 0 Å². The van der Waals surface area contributed by atoms with Crippen molar-refractivity contribution in [3.05, 3.63) is 124 Å². The molecule has 0 radical (unpaired) electrons. The lowest BCUT2D eigenvalue weighted by Crippen LogP contribution is -2.33. The third kappa shape index (κ3) is 5.05. The zero-order valence-corrected chi connectivity index (χ0v) is 24.8. The van der Waals surface area contributed by atoms with E-state index < -0.39 is 11.7 Å². The first-order valence-electron chi connectivity index (χ1n) is 14.2. The first-order chi connectivity index (χ1) is 21.8. The highest BCUT2D eigenvalue weighted by molar-refractivity contribution is 7.17. The van der Waals surface area contributed by atoms with Gasteiger partial charge in [-0.05, 0) is 79.1 Å². The van der Waals surface area contributed by atoms with Crippen molar-refractivity contribution in [1.29, 1.82) is 0 Å². The number of aromatic amines is 1. The lowest BCUT2D eigenvalue weighted by molar-refractivity contribution is 0.0981. The van der Waals surface area contributed by atoms with E-state index in [1.54, 1.807) is 72.6 Å². The first-order valence-corrected chi connectivity index (χ1v) is 15.0. The predicted molar refractivity (Wildman–Crippen MR) is 174 cm³/mol. The van der Waals surface area contributed by atoms with Crippen molar-refractivity contribution in [3.63, 3.8) is 0 Å². The molecule has 220 valence electrons. The van der Waals surface area contributed by atoms with E-state index in [2.05, 4.69) is 21.2 Å². The standard InChI is InChI=1S/C36H24F2N4O2S/c1-3-21-10-12-24-31(16-21)42(15-14-22-17-32(45-34(22)24)35(43)41-33-20(2)6-4-7-27(33)38)36(44)30-9-5-8-29(40-30)26-19-39-28-13-11-23(37)18-25(26)28/h1,4-13,16-19,39H,14-15H2,2H3,(H,41,43). The SMILES string of the molecule is C#Cc1ccc2c(c1)N(C(=O)c1cccc(-c3c[nH]c4ccc(F)cc34)n1)CCc1cc(C(=O)Nc3c(C)cccc3F)sc1-2. The number of nitrogens with zero attached hydrogens (tertiary/aromatic N) is 2. The van der Waals surface area contributed by atoms with Crippen LogP contribution < -0.4 is 10.2 Å². The number of hydrogen-bond acceptors (Lipinski definition) is 4. The Kier molecular flexibility index (Phi) is 6.99. The largest absolute Gasteiger partial charge is 0.360 e. The average molecular weight is 615 g/mol. The van der Waals surface area contributed by atoms with E-state index >= 15 is 0 Å². The van der Waals surface area contributed by atoms with E-state index in [1.807, 2.05) is 6.07 Å². The van der Waals surface area contributed by atoms with Gasteiger partial charge in [-0.15, -0.1) is 17.8 Å². The summed E-state index contributed by atoms with van der Waals surface area (Å²) in [5.74, 6) is 1.05. The quantitative estimate of drug-likeness (QED) is 0.198. The lowest BCUT2D eigenvalue weighted by atomic mass is 10.0. The summed E-state index contributed by atoms with van der Waals surface area (Å²) in [5, 5.41) is 3.38. The number of pyridine rings is 1. The van der Waals surface area contributed by atoms with Gasteiger partial charge in [0.05, 0.1) is 21.9 Å². The number of carbonyl (C=O) groups excluding carboxylic acids is 2. The Labute approximate surface area is 261 Å². The minimum Gasteiger partial charge on any atom is -0.360 e. The molecule has 0 fully saturated rings. The molecule has 6 nitrogen and oxygen atoms in total. The minimum atomic E-state index is -0.502. The summed E-state index contributed by atoms with van der Waals surface area (Å²) in [6, 6.07) is 21.6. The molecule has 1 aliphatic heterocycles. The Morgan fingerprint density at radius 1 is 1.02 bits per heavy atom. The normalized spacial score (nSPS) is 12.3. The molecule has 2 amide bonds. The fraction of sp³-hybridized carbons (Fsp3) is 0.0833. The zero-order chi connectivity index (χ0) is 31.2. The number of terminal acetylenes is 1. The van der Waals surface area contributed by atoms with Crippen molar-refractivity contribution >= 4 is 45.4 Å². The van der Waals surface area contributed by atoms with Gasteiger partial charge in [0.1, 0.15) is 17.3 Å². The number of rotatable bonds is 4. The number of nitrogens with one attached hydrogen (secondary N) is 2. The van der Waals surface area contributed by atoms with Gasteiger partial charge in [-0.3, -0.25) is 9.59 Å². The van der Waals surface area contributed by atoms with E-state index in [0.717, 1.165) is 21.5 Å². The molecule has 3 aromatic heterocycles. The third-order valence-electron chi connectivity index (χ3n) is 7.93. The van der Waals surface area contributed by atoms with Gasteiger partial charge in [-0.2, -0.15) is 0 Å². The number of benzene rings is 3. The Morgan fingerprint density at radius 2 is 1.87 bits per heavy atom. The number of anilines is 2. The van der Waals surface area contributed by atoms with Crippen LogP contribution in [0.15, 0.2) is 85.1 Å². The summed E-state index contributed by atoms with van der Waals surface area (Å²) < 4.78 is 28.5. The maximum atomic E-state index is 14.4. The molecule has 6 aromatic rings. The van der Waals surface area contributed by atoms with Crippen molar-refractivity contribution < 1.29 is 18.4 Å². The van der Waals surface area contributed by atoms with Crippen molar-refractivity contribution in [1.82, 2.24) is 9.97 Å². The van der Waals surface area contributed by atoms with E-state index in [4.69, 9.17) is 6.42 Å². The van der Waals surface area contributed by atoms with Crippen LogP contribution in [0.3, 0.4) is 0 Å². The van der Waals surface area contributed by atoms with Crippen molar-refractivity contribution in [2.45, 2.75) is 13.3 Å². The van der Waals surface area contributed by atoms with Crippen LogP contribution in [0.2, 0.25) is 0 Å². The number of thiophene rings is 1. The number of aromatic nitrogens is 2. The maximum Gasteiger partial charge on any atom is 0.276 e. The Morgan fingerprint density at radius 3 is 2.69 bits per heavy atom. The highest BCUT2D eigenvalue weighted by Crippen LogP contribution is 2.42. The van der Waals surface area contributed by atoms with Gasteiger partial charge in [0.2, 0.25) is 0 Å². The molecule has 3 aromatic carbocycles. The molecule has 9 heteroatoms. The highest BCUT2D eigenvalue weighted by Gasteiger charge is 2.29. The van der Waals surface area contributed by atoms with Crippen LogP contribution >= 0.6 is 11.3 Å². The molecule has 1 aliphatic rings. The highest BCUT2D eigenvalue weighted by atomic mass is 32.1. The minimum absolute atomic E-state index is 0.148. The Balaban J connectivity index is 1.24. The smallest absolute Gasteiger partial charge is 0.276 e. The lowest BCUT2D eigenvalue weighted by Gasteiger charge is -2.23. The van der Waals surface area contributed by atoms with Gasteiger partial charge < -0.3 is 15.2 Å². The van der Waals surface area contributed by atoms with Crippen molar-refractivity contribution in [2.24, 2.45) is 0 Å². The fourth-order valence-corrected chi connectivity index (χ4v) is 6.81. The Bertz CT molecular complexity index is 2190. The average Bonchev–Trinajstić information content (AvgIpc) is 3.63. The van der Waals surface area contributed by atoms with E-state index in [-0.39, 0.29) is 23.1 Å². The second-order valence-electron chi connectivity index (χ2n) is 10.7. The molecular weight excluding hydrogens is 590 g/mol. The van der Waals surface area contributed by atoms with Crippen LogP contribution in [0.25, 0.3) is 32.6 Å². The second-order valence-corrected chi connectivity index (χ2v) is 11.8. The zero-order valence-electron chi connectivity index (χ0n) is 23.9. The fourth-order valence-electron chi connectivity index (χ4n) is 5.67. The monoisotopic (exact) mass is 614 g/mol. The van der Waals surface area contributed by atoms with Gasteiger partial charge in [0, 0.05) is 45.2 Å². The van der Waals surface area contributed by atoms with Gasteiger partial charge in [-0.1, -0.05) is 30.2 Å². The molecule has 0 atom stereocenters. The number of para-hydroxylation sites is 1. The summed E-state index contributed by atoms with van der Waals surface area (Å²) in [7, 11) is 0. The number of aryl methyl sites for hydroxylation is 1. The number of carbonyl (C=O) groups is 2. The molecule has 0 bridgehead atoms. The molecular formula is C36H24F2N4O2S. The number of amides is 2. The molecule has 0 saturated heterocycles. The van der Waals surface area contributed by atoms with Crippen LogP contribution in [0.4, 0.5) is 20.2 Å². The van der Waals surface area contributed by atoms with Gasteiger partial charge in [-0.25, -0.2) is 13.8 Å². The summed E-state index contributed by atoms with van der Waals surface area (Å²) in [6.45, 7) is 2.04. The molecule has 45 heavy (non-hydrogen) atoms. The van der Waals surface area contributed by atoms with E-state index in [0.29, 0.717) is 51.3 Å². The van der Waals surface area contributed by atoms with Gasteiger partial charge in [0.25, 0.3) is 11.8 Å². The third-order valence-corrected chi connectivity index (χ3v) is 9.14. The second kappa shape index (κ2) is 11.2. The number of fused-ring (bicyclic) bond motifs is 4. The molecule has 4 heterocycles. The maximum absolute atomic E-state index is 14.4. The van der Waals surface area contributed by atoms with Crippen LogP contribution in [0.5, 0.6) is 0 Å². The molecule has 0 saturated carbocycles. The Hall–Kier alpha value is -5.59. The molecule has 0 aliphatic carbocycles. The number of hydrogen-bond donors (Lipinski definition) is 2. The summed E-state index contributed by atoms with van der Waals surface area (Å²) in [4.78, 5) is 38.1. The molecule has 2 N–H and O–H groups in total. The summed E-state index contributed by atoms with van der Waals surface area (Å²) >= 11 is 1.28. The van der Waals surface area contributed by atoms with Crippen molar-refractivity contribution in [3.8, 4) is 34.0 Å². The van der Waals surface area contributed by atoms with Crippen LogP contribution in [-0.4, -0.2) is 28.3 Å². The molecule has 0 unspecified atom stereocenters. The van der Waals surface area contributed by atoms with Crippen molar-refractivity contribution in [2.75, 3.05) is 16.8 Å². The molecule has 0 spiro atoms. The van der Waals surface area contributed by atoms with E-state index in [1.165, 1.54) is 29.5 Å².